The van der Waals surface area contributed by atoms with Crippen molar-refractivity contribution in [2.45, 2.75) is 20.3 Å². The Balaban J connectivity index is 0.00000288. The number of carbonyl (C=O) groups excluding carboxylic acids is 2. The van der Waals surface area contributed by atoms with Crippen molar-refractivity contribution in [2.24, 2.45) is 4.99 Å². The number of aryl methyl sites for hydroxylation is 2. The zero-order valence-electron chi connectivity index (χ0n) is 14.0. The van der Waals surface area contributed by atoms with E-state index in [1.54, 1.807) is 18.4 Å². The van der Waals surface area contributed by atoms with E-state index in [4.69, 9.17) is 0 Å². The molecule has 1 aliphatic heterocycles. The van der Waals surface area contributed by atoms with Gasteiger partial charge in [-0.1, -0.05) is 0 Å². The van der Waals surface area contributed by atoms with Crippen molar-refractivity contribution in [1.82, 2.24) is 25.8 Å². The molecule has 8 nitrogen and oxygen atoms in total. The predicted molar refractivity (Wildman–Crippen MR) is 105 cm³/mol. The number of carbonyl (C=O) groups is 2. The van der Waals surface area contributed by atoms with E-state index in [-0.39, 0.29) is 42.5 Å². The quantitative estimate of drug-likeness (QED) is 0.248. The monoisotopic (exact) mass is 466 g/mol. The summed E-state index contributed by atoms with van der Waals surface area (Å²) in [6.45, 7) is 5.65. The van der Waals surface area contributed by atoms with Crippen LogP contribution in [0.1, 0.15) is 15.6 Å². The summed E-state index contributed by atoms with van der Waals surface area (Å²) < 4.78 is 0. The lowest BCUT2D eigenvalue weighted by atomic mass is 10.4. The first-order chi connectivity index (χ1) is 11.0. The maximum absolute atomic E-state index is 11.5. The van der Waals surface area contributed by atoms with Crippen LogP contribution in [0.3, 0.4) is 0 Å². The molecule has 0 aromatic carbocycles. The Labute approximate surface area is 162 Å². The third-order valence-corrected chi connectivity index (χ3v) is 4.63. The largest absolute Gasteiger partial charge is 0.356 e. The minimum Gasteiger partial charge on any atom is -0.356 e. The van der Waals surface area contributed by atoms with Gasteiger partial charge in [0.05, 0.1) is 17.2 Å². The fraction of sp³-hybridized carbons (Fsp3) is 0.571. The number of guanidine groups is 1. The van der Waals surface area contributed by atoms with E-state index in [0.717, 1.165) is 23.7 Å². The Morgan fingerprint density at radius 2 is 2.04 bits per heavy atom. The van der Waals surface area contributed by atoms with E-state index < -0.39 is 0 Å². The number of nitrogens with one attached hydrogen (secondary N) is 3. The van der Waals surface area contributed by atoms with Gasteiger partial charge in [-0.2, -0.15) is 0 Å². The van der Waals surface area contributed by atoms with Crippen LogP contribution in [-0.2, 0) is 11.2 Å². The van der Waals surface area contributed by atoms with E-state index in [1.165, 1.54) is 9.78 Å². The van der Waals surface area contributed by atoms with Gasteiger partial charge in [-0.05, 0) is 13.8 Å². The van der Waals surface area contributed by atoms with Crippen LogP contribution in [0.5, 0.6) is 0 Å². The SMILES string of the molecule is CN=C(NCCc1nc(C)c(C)s1)NCCN1C(=O)CNC1=O.I. The summed E-state index contributed by atoms with van der Waals surface area (Å²) in [5.41, 5.74) is 1.08. The van der Waals surface area contributed by atoms with E-state index in [0.29, 0.717) is 19.0 Å². The number of hydrogen-bond acceptors (Lipinski definition) is 5. The van der Waals surface area contributed by atoms with E-state index in [2.05, 4.69) is 32.9 Å². The highest BCUT2D eigenvalue weighted by Gasteiger charge is 2.27. The van der Waals surface area contributed by atoms with Gasteiger partial charge in [0.25, 0.3) is 0 Å². The standard InChI is InChI=1S/C14H22N6O2S.HI/c1-9-10(2)23-11(19-9)4-5-16-13(15-3)17-6-7-20-12(21)8-18-14(20)22;/h4-8H2,1-3H3,(H,18,22)(H2,15,16,17);1H. The molecule has 0 spiro atoms. The lowest BCUT2D eigenvalue weighted by molar-refractivity contribution is -0.124. The molecular formula is C14H23IN6O2S. The first kappa shape index (κ1) is 20.6. The van der Waals surface area contributed by atoms with Gasteiger partial charge >= 0.3 is 6.03 Å². The van der Waals surface area contributed by atoms with Crippen molar-refractivity contribution in [1.29, 1.82) is 0 Å². The summed E-state index contributed by atoms with van der Waals surface area (Å²) in [5.74, 6) is 0.441. The zero-order chi connectivity index (χ0) is 16.8. The van der Waals surface area contributed by atoms with Gasteiger partial charge in [0.1, 0.15) is 0 Å². The molecule has 1 aromatic rings. The average Bonchev–Trinajstić information content (AvgIpc) is 3.01. The van der Waals surface area contributed by atoms with Crippen molar-refractivity contribution in [3.63, 3.8) is 0 Å². The number of thiazole rings is 1. The average molecular weight is 466 g/mol. The van der Waals surface area contributed by atoms with E-state index >= 15 is 0 Å². The number of nitrogens with zero attached hydrogens (tertiary/aromatic N) is 3. The van der Waals surface area contributed by atoms with Crippen LogP contribution >= 0.6 is 35.3 Å². The topological polar surface area (TPSA) is 98.7 Å². The first-order valence-corrected chi connectivity index (χ1v) is 8.28. The maximum Gasteiger partial charge on any atom is 0.324 e. The highest BCUT2D eigenvalue weighted by atomic mass is 127. The third-order valence-electron chi connectivity index (χ3n) is 3.49. The molecule has 0 bridgehead atoms. The number of halogens is 1. The number of hydrogen-bond donors (Lipinski definition) is 3. The Bertz CT molecular complexity index is 583. The fourth-order valence-corrected chi connectivity index (χ4v) is 3.06. The number of urea groups is 1. The van der Waals surface area contributed by atoms with Crippen molar-refractivity contribution >= 4 is 53.2 Å². The molecule has 0 saturated carbocycles. The van der Waals surface area contributed by atoms with Gasteiger partial charge in [-0.15, -0.1) is 35.3 Å². The van der Waals surface area contributed by atoms with Crippen LogP contribution in [0, 0.1) is 13.8 Å². The van der Waals surface area contributed by atoms with Crippen LogP contribution in [-0.4, -0.2) is 61.0 Å². The molecule has 0 radical (unpaired) electrons. The van der Waals surface area contributed by atoms with Crippen molar-refractivity contribution < 1.29 is 9.59 Å². The number of aromatic nitrogens is 1. The minimum absolute atomic E-state index is 0. The molecule has 10 heteroatoms. The van der Waals surface area contributed by atoms with Gasteiger partial charge in [0.2, 0.25) is 5.91 Å². The molecule has 24 heavy (non-hydrogen) atoms. The van der Waals surface area contributed by atoms with E-state index in [1.807, 2.05) is 6.92 Å². The smallest absolute Gasteiger partial charge is 0.324 e. The Kier molecular flexibility index (Phi) is 8.39. The third kappa shape index (κ3) is 5.58. The summed E-state index contributed by atoms with van der Waals surface area (Å²) >= 11 is 1.71. The van der Waals surface area contributed by atoms with Gasteiger partial charge in [-0.3, -0.25) is 14.7 Å². The summed E-state index contributed by atoms with van der Waals surface area (Å²) in [6.07, 6.45) is 0.826. The Hall–Kier alpha value is -1.43. The maximum atomic E-state index is 11.5. The highest BCUT2D eigenvalue weighted by Crippen LogP contribution is 2.16. The molecule has 0 unspecified atom stereocenters. The molecule has 2 heterocycles. The van der Waals surface area contributed by atoms with Crippen LogP contribution < -0.4 is 16.0 Å². The molecule has 0 aliphatic carbocycles. The Morgan fingerprint density at radius 1 is 1.33 bits per heavy atom. The van der Waals surface area contributed by atoms with Crippen LogP contribution in [0.4, 0.5) is 4.79 Å². The summed E-state index contributed by atoms with van der Waals surface area (Å²) in [5, 5.41) is 9.87. The molecule has 134 valence electrons. The molecule has 3 amide bonds. The summed E-state index contributed by atoms with van der Waals surface area (Å²) in [7, 11) is 1.68. The second kappa shape index (κ2) is 9.77. The van der Waals surface area contributed by atoms with Crippen molar-refractivity contribution in [3.05, 3.63) is 15.6 Å². The molecule has 0 atom stereocenters. The molecule has 1 fully saturated rings. The molecule has 1 aromatic heterocycles. The number of imide groups is 1. The fourth-order valence-electron chi connectivity index (χ4n) is 2.12. The van der Waals surface area contributed by atoms with Crippen molar-refractivity contribution in [3.8, 4) is 0 Å². The van der Waals surface area contributed by atoms with Gasteiger partial charge in [-0.25, -0.2) is 9.78 Å². The summed E-state index contributed by atoms with van der Waals surface area (Å²) in [4.78, 5) is 33.9. The lowest BCUT2D eigenvalue weighted by Crippen LogP contribution is -2.43. The molecular weight excluding hydrogens is 443 g/mol. The molecule has 2 rings (SSSR count). The van der Waals surface area contributed by atoms with Gasteiger partial charge in [0, 0.05) is 38.0 Å². The Morgan fingerprint density at radius 3 is 2.58 bits per heavy atom. The second-order valence-corrected chi connectivity index (χ2v) is 6.42. The molecule has 1 aliphatic rings. The number of rotatable bonds is 6. The lowest BCUT2D eigenvalue weighted by Gasteiger charge is -2.15. The molecule has 3 N–H and O–H groups in total. The normalized spacial score (nSPS) is 14.5. The zero-order valence-corrected chi connectivity index (χ0v) is 17.2. The minimum atomic E-state index is -0.339. The highest BCUT2D eigenvalue weighted by molar-refractivity contribution is 14.0. The molecule has 1 saturated heterocycles. The predicted octanol–water partition coefficient (Wildman–Crippen LogP) is 0.637. The van der Waals surface area contributed by atoms with Gasteiger partial charge in [0.15, 0.2) is 5.96 Å². The summed E-state index contributed by atoms with van der Waals surface area (Å²) in [6, 6.07) is -0.339. The van der Waals surface area contributed by atoms with Crippen molar-refractivity contribution in [2.75, 3.05) is 33.2 Å². The number of amides is 3. The van der Waals surface area contributed by atoms with Gasteiger partial charge < -0.3 is 16.0 Å². The first-order valence-electron chi connectivity index (χ1n) is 7.47. The second-order valence-electron chi connectivity index (χ2n) is 5.13. The van der Waals surface area contributed by atoms with Crippen LogP contribution in [0.25, 0.3) is 0 Å². The van der Waals surface area contributed by atoms with E-state index in [9.17, 15) is 9.59 Å². The van der Waals surface area contributed by atoms with Crippen LogP contribution in [0.15, 0.2) is 4.99 Å². The number of aliphatic imine (C=N–C) groups is 1. The van der Waals surface area contributed by atoms with Crippen LogP contribution in [0.2, 0.25) is 0 Å².